The molecule has 0 heterocycles. The van der Waals surface area contributed by atoms with E-state index in [1.807, 2.05) is 45.9 Å². The molecule has 1 aliphatic rings. The van der Waals surface area contributed by atoms with Crippen LogP contribution in [0.25, 0.3) is 0 Å². The lowest BCUT2D eigenvalue weighted by molar-refractivity contribution is -0.134. The number of hydrogen-bond acceptors (Lipinski definition) is 3. The predicted octanol–water partition coefficient (Wildman–Crippen LogP) is 3.90. The summed E-state index contributed by atoms with van der Waals surface area (Å²) in [7, 11) is 0. The number of nitrogens with one attached hydrogen (secondary N) is 1. The Morgan fingerprint density at radius 1 is 1.28 bits per heavy atom. The van der Waals surface area contributed by atoms with Gasteiger partial charge in [0.05, 0.1) is 15.9 Å². The summed E-state index contributed by atoms with van der Waals surface area (Å²) < 4.78 is 0. The molecule has 1 N–H and O–H groups in total. The van der Waals surface area contributed by atoms with E-state index >= 15 is 0 Å². The lowest BCUT2D eigenvalue weighted by Gasteiger charge is -2.36. The maximum absolute atomic E-state index is 13.0. The van der Waals surface area contributed by atoms with Gasteiger partial charge in [0.25, 0.3) is 11.8 Å². The molecule has 0 saturated heterocycles. The second kappa shape index (κ2) is 7.62. The van der Waals surface area contributed by atoms with Gasteiger partial charge in [-0.3, -0.25) is 15.0 Å². The van der Waals surface area contributed by atoms with Crippen molar-refractivity contribution in [3.63, 3.8) is 0 Å². The molecule has 0 saturated carbocycles. The number of benzene rings is 1. The molecular weight excluding hydrogens is 400 g/mol. The second-order valence-corrected chi connectivity index (χ2v) is 8.28. The summed E-state index contributed by atoms with van der Waals surface area (Å²) in [6, 6.07) is 7.22. The summed E-state index contributed by atoms with van der Waals surface area (Å²) in [4.78, 5) is 26.0. The van der Waals surface area contributed by atoms with Gasteiger partial charge in [-0.05, 0) is 45.9 Å². The van der Waals surface area contributed by atoms with Gasteiger partial charge in [-0.2, -0.15) is 0 Å². The number of carbonyl (C=O) groups excluding carboxylic acids is 2. The van der Waals surface area contributed by atoms with Crippen LogP contribution < -0.4 is 5.43 Å². The van der Waals surface area contributed by atoms with Crippen molar-refractivity contribution < 1.29 is 9.59 Å². The number of alkyl halides is 1. The molecule has 0 spiro atoms. The molecule has 1 unspecified atom stereocenters. The van der Waals surface area contributed by atoms with Crippen molar-refractivity contribution in [3.05, 3.63) is 59.2 Å². The van der Waals surface area contributed by atoms with Crippen molar-refractivity contribution in [2.24, 2.45) is 0 Å². The van der Waals surface area contributed by atoms with Crippen LogP contribution in [0.2, 0.25) is 0 Å². The fourth-order valence-electron chi connectivity index (χ4n) is 2.34. The molecule has 2 amide bonds. The van der Waals surface area contributed by atoms with Crippen LogP contribution in [-0.4, -0.2) is 32.1 Å². The van der Waals surface area contributed by atoms with Gasteiger partial charge in [-0.15, -0.1) is 0 Å². The molecule has 132 valence electrons. The molecular formula is C19H21BrN2O2S. The number of halogens is 1. The molecule has 1 atom stereocenters. The van der Waals surface area contributed by atoms with Gasteiger partial charge in [0, 0.05) is 10.4 Å². The van der Waals surface area contributed by atoms with E-state index in [2.05, 4.69) is 21.4 Å². The average Bonchev–Trinajstić information content (AvgIpc) is 2.53. The summed E-state index contributed by atoms with van der Waals surface area (Å²) in [5.41, 5.74) is 4.00. The minimum atomic E-state index is -0.615. The van der Waals surface area contributed by atoms with Crippen molar-refractivity contribution in [1.82, 2.24) is 10.4 Å². The second-order valence-electron chi connectivity index (χ2n) is 6.85. The van der Waals surface area contributed by atoms with E-state index in [1.54, 1.807) is 24.3 Å². The number of carbonyl (C=O) groups is 2. The van der Waals surface area contributed by atoms with Crippen molar-refractivity contribution in [1.29, 1.82) is 0 Å². The topological polar surface area (TPSA) is 49.4 Å². The minimum absolute atomic E-state index is 0.166. The van der Waals surface area contributed by atoms with E-state index in [0.29, 0.717) is 16.0 Å². The third-order valence-corrected chi connectivity index (χ3v) is 5.20. The van der Waals surface area contributed by atoms with Gasteiger partial charge >= 0.3 is 0 Å². The Labute approximate surface area is 162 Å². The highest BCUT2D eigenvalue weighted by atomic mass is 79.9. The van der Waals surface area contributed by atoms with E-state index in [-0.39, 0.29) is 16.6 Å². The number of thiocarbonyl (C=S) groups is 1. The molecule has 2 rings (SSSR count). The van der Waals surface area contributed by atoms with Gasteiger partial charge in [0.2, 0.25) is 0 Å². The van der Waals surface area contributed by atoms with E-state index < -0.39 is 5.54 Å². The van der Waals surface area contributed by atoms with Crippen LogP contribution in [0.3, 0.4) is 0 Å². The monoisotopic (exact) mass is 420 g/mol. The molecule has 0 aliphatic heterocycles. The number of allylic oxidation sites excluding steroid dienone is 3. The highest BCUT2D eigenvalue weighted by Gasteiger charge is 2.33. The van der Waals surface area contributed by atoms with Crippen LogP contribution in [0.1, 0.15) is 36.7 Å². The van der Waals surface area contributed by atoms with Crippen LogP contribution in [-0.2, 0) is 4.79 Å². The number of hydrogen-bond donors (Lipinski definition) is 1. The maximum Gasteiger partial charge on any atom is 0.273 e. The molecule has 1 aromatic carbocycles. The molecule has 1 aliphatic carbocycles. The normalized spacial score (nSPS) is 17.1. The van der Waals surface area contributed by atoms with Gasteiger partial charge in [0.15, 0.2) is 0 Å². The van der Waals surface area contributed by atoms with E-state index in [0.717, 1.165) is 5.56 Å². The summed E-state index contributed by atoms with van der Waals surface area (Å²) >= 11 is 8.80. The maximum atomic E-state index is 13.0. The van der Waals surface area contributed by atoms with E-state index in [9.17, 15) is 9.59 Å². The van der Waals surface area contributed by atoms with Crippen molar-refractivity contribution in [3.8, 4) is 0 Å². The number of nitrogens with zero attached hydrogens (tertiary/aromatic N) is 1. The Morgan fingerprint density at radius 2 is 1.96 bits per heavy atom. The molecule has 1 aromatic rings. The molecule has 0 bridgehead atoms. The summed E-state index contributed by atoms with van der Waals surface area (Å²) in [6.07, 6.45) is 5.33. The van der Waals surface area contributed by atoms with Crippen LogP contribution in [0.4, 0.5) is 0 Å². The van der Waals surface area contributed by atoms with Crippen molar-refractivity contribution in [2.75, 3.05) is 0 Å². The Morgan fingerprint density at radius 3 is 2.56 bits per heavy atom. The van der Waals surface area contributed by atoms with Gasteiger partial charge < -0.3 is 0 Å². The largest absolute Gasteiger partial charge is 0.273 e. The minimum Gasteiger partial charge on any atom is -0.267 e. The van der Waals surface area contributed by atoms with Crippen molar-refractivity contribution >= 4 is 44.8 Å². The molecule has 0 radical (unpaired) electrons. The molecule has 6 heteroatoms. The van der Waals surface area contributed by atoms with Gasteiger partial charge in [-0.1, -0.05) is 58.0 Å². The highest BCUT2D eigenvalue weighted by Crippen LogP contribution is 2.22. The zero-order chi connectivity index (χ0) is 18.8. The Balaban J connectivity index is 2.30. The zero-order valence-electron chi connectivity index (χ0n) is 14.7. The Kier molecular flexibility index (Phi) is 5.95. The molecule has 0 aromatic heterocycles. The highest BCUT2D eigenvalue weighted by molar-refractivity contribution is 9.10. The standard InChI is InChI=1S/C19H21BrN2O2S/c1-12-7-5-8-13(11-12)17(23)21-22(19(2,3)4)18(24)14-9-6-10-15(20)16(14)25/h5-11,15H,1-4H3,(H,21,23). The lowest BCUT2D eigenvalue weighted by Crippen LogP contribution is -2.57. The Hall–Kier alpha value is -1.79. The zero-order valence-corrected chi connectivity index (χ0v) is 17.1. The SMILES string of the molecule is Cc1cccc(C(=O)NN(C(=O)C2=CC=CC(Br)C2=S)C(C)(C)C)c1. The fourth-order valence-corrected chi connectivity index (χ4v) is 3.00. The lowest BCUT2D eigenvalue weighted by atomic mass is 10.0. The van der Waals surface area contributed by atoms with Crippen LogP contribution in [0.5, 0.6) is 0 Å². The number of aryl methyl sites for hydroxylation is 1. The molecule has 25 heavy (non-hydrogen) atoms. The molecule has 4 nitrogen and oxygen atoms in total. The number of amides is 2. The van der Waals surface area contributed by atoms with E-state index in [4.69, 9.17) is 12.2 Å². The first kappa shape index (κ1) is 19.5. The first-order valence-electron chi connectivity index (χ1n) is 7.90. The van der Waals surface area contributed by atoms with Crippen molar-refractivity contribution in [2.45, 2.75) is 38.1 Å². The third-order valence-electron chi connectivity index (χ3n) is 3.66. The predicted molar refractivity (Wildman–Crippen MR) is 108 cm³/mol. The first-order chi connectivity index (χ1) is 11.6. The van der Waals surface area contributed by atoms with Crippen LogP contribution in [0, 0.1) is 6.92 Å². The summed E-state index contributed by atoms with van der Waals surface area (Å²) in [6.45, 7) is 7.48. The average molecular weight is 421 g/mol. The number of rotatable bonds is 2. The fraction of sp³-hybridized carbons (Fsp3) is 0.316. The van der Waals surface area contributed by atoms with E-state index in [1.165, 1.54) is 5.01 Å². The van der Waals surface area contributed by atoms with Gasteiger partial charge in [-0.25, -0.2) is 5.01 Å². The smallest absolute Gasteiger partial charge is 0.267 e. The van der Waals surface area contributed by atoms with Crippen LogP contribution >= 0.6 is 28.1 Å². The summed E-state index contributed by atoms with van der Waals surface area (Å²) in [5, 5.41) is 1.34. The quantitative estimate of drug-likeness (QED) is 0.448. The first-order valence-corrected chi connectivity index (χ1v) is 9.22. The summed E-state index contributed by atoms with van der Waals surface area (Å²) in [5.74, 6) is -0.660. The third kappa shape index (κ3) is 4.64. The molecule has 0 fully saturated rings. The Bertz CT molecular complexity index is 778. The number of hydrazine groups is 1. The van der Waals surface area contributed by atoms with Gasteiger partial charge in [0.1, 0.15) is 0 Å². The van der Waals surface area contributed by atoms with Crippen LogP contribution in [0.15, 0.2) is 48.1 Å².